The number of carbonyl (C=O) groups excluding carboxylic acids is 1. The third-order valence-corrected chi connectivity index (χ3v) is 6.19. The molecule has 4 rings (SSSR count). The molecule has 0 atom stereocenters. The number of aromatic carboxylic acids is 1. The topological polar surface area (TPSA) is 80.6 Å². The molecule has 0 unspecified atom stereocenters. The van der Waals surface area contributed by atoms with Gasteiger partial charge in [-0.1, -0.05) is 25.3 Å². The minimum absolute atomic E-state index is 0.0213. The maximum atomic E-state index is 12.8. The van der Waals surface area contributed by atoms with Gasteiger partial charge >= 0.3 is 5.97 Å². The zero-order valence-corrected chi connectivity index (χ0v) is 18.0. The Hall–Kier alpha value is -3.28. The predicted molar refractivity (Wildman–Crippen MR) is 120 cm³/mol. The number of hydrogen-bond acceptors (Lipinski definition) is 3. The number of fused-ring (bicyclic) bond motifs is 1. The number of aromatic nitrogens is 1. The molecular weight excluding hydrogens is 392 g/mol. The van der Waals surface area contributed by atoms with Crippen LogP contribution in [-0.2, 0) is 13.5 Å². The molecule has 2 aromatic carbocycles. The Morgan fingerprint density at radius 1 is 1.06 bits per heavy atom. The number of hydrogen-bond donors (Lipinski definition) is 2. The molecule has 1 heterocycles. The van der Waals surface area contributed by atoms with Crippen LogP contribution in [0.25, 0.3) is 10.9 Å². The van der Waals surface area contributed by atoms with Crippen molar-refractivity contribution in [3.63, 3.8) is 0 Å². The number of methoxy groups -OCH3 is 1. The van der Waals surface area contributed by atoms with E-state index in [0.717, 1.165) is 34.9 Å². The zero-order valence-electron chi connectivity index (χ0n) is 18.0. The van der Waals surface area contributed by atoms with E-state index >= 15 is 0 Å². The van der Waals surface area contributed by atoms with Crippen molar-refractivity contribution < 1.29 is 19.4 Å². The molecule has 1 aromatic heterocycles. The van der Waals surface area contributed by atoms with E-state index in [1.54, 1.807) is 25.3 Å². The van der Waals surface area contributed by atoms with E-state index in [1.165, 1.54) is 19.3 Å². The SMILES string of the molecule is COc1cc(C(=O)O)ccc1Cc1cn(C)c2ccc(C(=O)NC3CCCCC3)cc12. The fourth-order valence-electron chi connectivity index (χ4n) is 4.50. The first-order valence-corrected chi connectivity index (χ1v) is 10.8. The fourth-order valence-corrected chi connectivity index (χ4v) is 4.50. The van der Waals surface area contributed by atoms with Crippen LogP contribution in [-0.4, -0.2) is 34.7 Å². The van der Waals surface area contributed by atoms with Gasteiger partial charge in [0, 0.05) is 42.2 Å². The zero-order chi connectivity index (χ0) is 22.0. The first-order chi connectivity index (χ1) is 15.0. The molecule has 2 N–H and O–H groups in total. The number of aryl methyl sites for hydroxylation is 1. The molecule has 31 heavy (non-hydrogen) atoms. The van der Waals surface area contributed by atoms with Crippen molar-refractivity contribution in [2.24, 2.45) is 7.05 Å². The Balaban J connectivity index is 1.63. The molecule has 6 heteroatoms. The van der Waals surface area contributed by atoms with Gasteiger partial charge in [0.25, 0.3) is 5.91 Å². The molecule has 0 radical (unpaired) electrons. The summed E-state index contributed by atoms with van der Waals surface area (Å²) in [6.07, 6.45) is 8.34. The van der Waals surface area contributed by atoms with Crippen molar-refractivity contribution in [2.75, 3.05) is 7.11 Å². The van der Waals surface area contributed by atoms with Crippen molar-refractivity contribution >= 4 is 22.8 Å². The van der Waals surface area contributed by atoms with Gasteiger partial charge in [0.05, 0.1) is 12.7 Å². The average Bonchev–Trinajstić information content (AvgIpc) is 3.09. The lowest BCUT2D eigenvalue weighted by molar-refractivity contribution is 0.0696. The van der Waals surface area contributed by atoms with E-state index < -0.39 is 5.97 Å². The summed E-state index contributed by atoms with van der Waals surface area (Å²) in [6.45, 7) is 0. The van der Waals surface area contributed by atoms with Gasteiger partial charge < -0.3 is 19.7 Å². The Kier molecular flexibility index (Phi) is 5.98. The lowest BCUT2D eigenvalue weighted by Gasteiger charge is -2.22. The first kappa shape index (κ1) is 21.0. The van der Waals surface area contributed by atoms with E-state index in [4.69, 9.17) is 4.74 Å². The number of carbonyl (C=O) groups is 2. The molecule has 162 valence electrons. The standard InChI is InChI=1S/C25H28N2O4/c1-27-15-19(12-16-8-9-18(25(29)30)14-23(16)31-2)21-13-17(10-11-22(21)27)24(28)26-20-6-4-3-5-7-20/h8-11,13-15,20H,3-7,12H2,1-2H3,(H,26,28)(H,29,30). The summed E-state index contributed by atoms with van der Waals surface area (Å²) in [6, 6.07) is 11.0. The molecule has 0 saturated heterocycles. The van der Waals surface area contributed by atoms with E-state index in [-0.39, 0.29) is 17.5 Å². The summed E-state index contributed by atoms with van der Waals surface area (Å²) in [5, 5.41) is 13.4. The van der Waals surface area contributed by atoms with E-state index in [2.05, 4.69) is 11.5 Å². The summed E-state index contributed by atoms with van der Waals surface area (Å²) in [5.74, 6) is -0.460. The van der Waals surface area contributed by atoms with Gasteiger partial charge in [0.1, 0.15) is 5.75 Å². The second kappa shape index (κ2) is 8.84. The van der Waals surface area contributed by atoms with Crippen LogP contribution in [0.15, 0.2) is 42.6 Å². The lowest BCUT2D eigenvalue weighted by Crippen LogP contribution is -2.36. The van der Waals surface area contributed by atoms with Crippen molar-refractivity contribution in [2.45, 2.75) is 44.6 Å². The Bertz CT molecular complexity index is 1130. The van der Waals surface area contributed by atoms with Crippen molar-refractivity contribution in [3.05, 3.63) is 64.8 Å². The third-order valence-electron chi connectivity index (χ3n) is 6.19. The number of rotatable bonds is 6. The minimum atomic E-state index is -0.983. The van der Waals surface area contributed by atoms with Gasteiger partial charge in [-0.05, 0) is 54.3 Å². The molecule has 6 nitrogen and oxygen atoms in total. The van der Waals surface area contributed by atoms with Crippen LogP contribution >= 0.6 is 0 Å². The summed E-state index contributed by atoms with van der Waals surface area (Å²) in [7, 11) is 3.53. The molecule has 1 amide bonds. The lowest BCUT2D eigenvalue weighted by atomic mass is 9.95. The molecule has 1 saturated carbocycles. The van der Waals surface area contributed by atoms with Crippen LogP contribution in [0.4, 0.5) is 0 Å². The van der Waals surface area contributed by atoms with E-state index in [1.807, 2.05) is 29.8 Å². The quantitative estimate of drug-likeness (QED) is 0.614. The summed E-state index contributed by atoms with van der Waals surface area (Å²) < 4.78 is 7.49. The largest absolute Gasteiger partial charge is 0.496 e. The van der Waals surface area contributed by atoms with Crippen LogP contribution in [0.1, 0.15) is 63.9 Å². The van der Waals surface area contributed by atoms with Crippen molar-refractivity contribution in [3.8, 4) is 5.75 Å². The van der Waals surface area contributed by atoms with Gasteiger partial charge in [-0.2, -0.15) is 0 Å². The molecule has 0 spiro atoms. The number of nitrogens with one attached hydrogen (secondary N) is 1. The number of nitrogens with zero attached hydrogens (tertiary/aromatic N) is 1. The summed E-state index contributed by atoms with van der Waals surface area (Å²) >= 11 is 0. The second-order valence-corrected chi connectivity index (χ2v) is 8.31. The average molecular weight is 421 g/mol. The van der Waals surface area contributed by atoms with Crippen LogP contribution in [0.2, 0.25) is 0 Å². The third kappa shape index (κ3) is 4.43. The Labute approximate surface area is 181 Å². The van der Waals surface area contributed by atoms with Gasteiger partial charge in [-0.25, -0.2) is 4.79 Å². The normalized spacial score (nSPS) is 14.5. The monoisotopic (exact) mass is 420 g/mol. The highest BCUT2D eigenvalue weighted by atomic mass is 16.5. The maximum Gasteiger partial charge on any atom is 0.335 e. The Morgan fingerprint density at radius 3 is 2.52 bits per heavy atom. The molecule has 3 aromatic rings. The molecule has 0 aliphatic heterocycles. The summed E-state index contributed by atoms with van der Waals surface area (Å²) in [4.78, 5) is 24.1. The first-order valence-electron chi connectivity index (χ1n) is 10.8. The molecule has 1 fully saturated rings. The van der Waals surface area contributed by atoms with Crippen LogP contribution in [0.3, 0.4) is 0 Å². The van der Waals surface area contributed by atoms with E-state index in [0.29, 0.717) is 17.7 Å². The number of amides is 1. The number of carboxylic acids is 1. The molecular formula is C25H28N2O4. The smallest absolute Gasteiger partial charge is 0.335 e. The predicted octanol–water partition coefficient (Wildman–Crippen LogP) is 4.54. The number of benzene rings is 2. The fraction of sp³-hybridized carbons (Fsp3) is 0.360. The van der Waals surface area contributed by atoms with Crippen LogP contribution < -0.4 is 10.1 Å². The van der Waals surface area contributed by atoms with Crippen LogP contribution in [0, 0.1) is 0 Å². The Morgan fingerprint density at radius 2 is 1.81 bits per heavy atom. The van der Waals surface area contributed by atoms with E-state index in [9.17, 15) is 14.7 Å². The van der Waals surface area contributed by atoms with Gasteiger partial charge in [-0.15, -0.1) is 0 Å². The van der Waals surface area contributed by atoms with Gasteiger partial charge in [-0.3, -0.25) is 4.79 Å². The highest BCUT2D eigenvalue weighted by Gasteiger charge is 2.18. The maximum absolute atomic E-state index is 12.8. The van der Waals surface area contributed by atoms with Crippen molar-refractivity contribution in [1.29, 1.82) is 0 Å². The molecule has 1 aliphatic rings. The van der Waals surface area contributed by atoms with Gasteiger partial charge in [0.2, 0.25) is 0 Å². The highest BCUT2D eigenvalue weighted by Crippen LogP contribution is 2.29. The minimum Gasteiger partial charge on any atom is -0.496 e. The number of ether oxygens (including phenoxy) is 1. The highest BCUT2D eigenvalue weighted by molar-refractivity contribution is 5.99. The van der Waals surface area contributed by atoms with Crippen LogP contribution in [0.5, 0.6) is 5.75 Å². The van der Waals surface area contributed by atoms with Crippen molar-refractivity contribution in [1.82, 2.24) is 9.88 Å². The van der Waals surface area contributed by atoms with Gasteiger partial charge in [0.15, 0.2) is 0 Å². The summed E-state index contributed by atoms with van der Waals surface area (Å²) in [5.41, 5.74) is 3.87. The second-order valence-electron chi connectivity index (χ2n) is 8.31. The molecule has 0 bridgehead atoms. The molecule has 1 aliphatic carbocycles. The number of carboxylic acid groups (broad SMARTS) is 1.